The van der Waals surface area contributed by atoms with Gasteiger partial charge in [0.15, 0.2) is 6.29 Å². The van der Waals surface area contributed by atoms with Crippen molar-refractivity contribution in [2.75, 3.05) is 13.7 Å². The quantitative estimate of drug-likeness (QED) is 0.641. The van der Waals surface area contributed by atoms with Crippen molar-refractivity contribution in [3.05, 3.63) is 23.5 Å². The van der Waals surface area contributed by atoms with Crippen LogP contribution in [0.3, 0.4) is 0 Å². The molecule has 0 spiro atoms. The standard InChI is InChI=1S/C9H10N2O2/c1-13-3-2-11-6-8(7-12)4-9(11)5-10/h4,6-7H,2-3H2,1H3. The molecule has 0 aliphatic carbocycles. The number of hydrogen-bond acceptors (Lipinski definition) is 3. The highest BCUT2D eigenvalue weighted by molar-refractivity contribution is 5.75. The molecular weight excluding hydrogens is 168 g/mol. The Bertz CT molecular complexity index is 336. The molecule has 0 fully saturated rings. The van der Waals surface area contributed by atoms with Crippen molar-refractivity contribution in [3.8, 4) is 6.07 Å². The Balaban J connectivity index is 2.85. The van der Waals surface area contributed by atoms with Gasteiger partial charge >= 0.3 is 0 Å². The molecule has 0 unspecified atom stereocenters. The van der Waals surface area contributed by atoms with Gasteiger partial charge in [0.2, 0.25) is 0 Å². The molecule has 0 saturated carbocycles. The van der Waals surface area contributed by atoms with E-state index in [2.05, 4.69) is 0 Å². The SMILES string of the molecule is COCCn1cc(C=O)cc1C#N. The number of ether oxygens (including phenoxy) is 1. The Morgan fingerprint density at radius 1 is 1.77 bits per heavy atom. The van der Waals surface area contributed by atoms with Crippen LogP contribution in [0.4, 0.5) is 0 Å². The fraction of sp³-hybridized carbons (Fsp3) is 0.333. The van der Waals surface area contributed by atoms with E-state index in [-0.39, 0.29) is 0 Å². The second kappa shape index (κ2) is 4.43. The van der Waals surface area contributed by atoms with Crippen LogP contribution in [-0.4, -0.2) is 24.6 Å². The zero-order valence-corrected chi connectivity index (χ0v) is 7.36. The third-order valence-electron chi connectivity index (χ3n) is 1.70. The van der Waals surface area contributed by atoms with E-state index in [1.807, 2.05) is 6.07 Å². The van der Waals surface area contributed by atoms with E-state index in [4.69, 9.17) is 10.00 Å². The number of rotatable bonds is 4. The minimum atomic E-state index is 0.485. The number of methoxy groups -OCH3 is 1. The predicted octanol–water partition coefficient (Wildman–Crippen LogP) is 0.819. The summed E-state index contributed by atoms with van der Waals surface area (Å²) in [4.78, 5) is 10.4. The first-order valence-electron chi connectivity index (χ1n) is 3.86. The van der Waals surface area contributed by atoms with Crippen molar-refractivity contribution in [2.24, 2.45) is 0 Å². The minimum absolute atomic E-state index is 0.485. The Morgan fingerprint density at radius 2 is 2.54 bits per heavy atom. The summed E-state index contributed by atoms with van der Waals surface area (Å²) in [7, 11) is 1.59. The van der Waals surface area contributed by atoms with Gasteiger partial charge in [0, 0.05) is 25.4 Å². The molecule has 0 atom stereocenters. The molecule has 4 nitrogen and oxygen atoms in total. The summed E-state index contributed by atoms with van der Waals surface area (Å²) < 4.78 is 6.57. The highest BCUT2D eigenvalue weighted by Crippen LogP contribution is 2.05. The number of carbonyl (C=O) groups is 1. The summed E-state index contributed by atoms with van der Waals surface area (Å²) in [5.74, 6) is 0. The molecule has 0 N–H and O–H groups in total. The van der Waals surface area contributed by atoms with Crippen LogP contribution in [-0.2, 0) is 11.3 Å². The second-order valence-corrected chi connectivity index (χ2v) is 2.57. The van der Waals surface area contributed by atoms with Crippen LogP contribution in [0.25, 0.3) is 0 Å². The van der Waals surface area contributed by atoms with Crippen LogP contribution in [0.5, 0.6) is 0 Å². The third-order valence-corrected chi connectivity index (χ3v) is 1.70. The number of hydrogen-bond donors (Lipinski definition) is 0. The summed E-state index contributed by atoms with van der Waals surface area (Å²) in [6.45, 7) is 1.12. The molecule has 0 saturated heterocycles. The topological polar surface area (TPSA) is 55.0 Å². The van der Waals surface area contributed by atoms with Crippen molar-refractivity contribution in [1.29, 1.82) is 5.26 Å². The Morgan fingerprint density at radius 3 is 3.08 bits per heavy atom. The number of aromatic nitrogens is 1. The molecule has 0 aliphatic rings. The molecule has 68 valence electrons. The average Bonchev–Trinajstić information content (AvgIpc) is 2.57. The smallest absolute Gasteiger partial charge is 0.151 e. The lowest BCUT2D eigenvalue weighted by Crippen LogP contribution is -2.04. The molecule has 1 rings (SSSR count). The van der Waals surface area contributed by atoms with Crippen molar-refractivity contribution >= 4 is 6.29 Å². The van der Waals surface area contributed by atoms with E-state index < -0.39 is 0 Å². The first kappa shape index (κ1) is 9.49. The number of carbonyl (C=O) groups excluding carboxylic acids is 1. The van der Waals surface area contributed by atoms with Crippen LogP contribution in [0.15, 0.2) is 12.3 Å². The average molecular weight is 178 g/mol. The van der Waals surface area contributed by atoms with E-state index in [9.17, 15) is 4.79 Å². The van der Waals surface area contributed by atoms with Gasteiger partial charge in [0.05, 0.1) is 6.61 Å². The van der Waals surface area contributed by atoms with Gasteiger partial charge in [-0.05, 0) is 6.07 Å². The normalized spacial score (nSPS) is 9.54. The number of aldehydes is 1. The van der Waals surface area contributed by atoms with Gasteiger partial charge < -0.3 is 9.30 Å². The van der Waals surface area contributed by atoms with E-state index in [0.717, 1.165) is 6.29 Å². The zero-order chi connectivity index (χ0) is 9.68. The molecule has 0 radical (unpaired) electrons. The van der Waals surface area contributed by atoms with Crippen LogP contribution < -0.4 is 0 Å². The fourth-order valence-corrected chi connectivity index (χ4v) is 1.06. The van der Waals surface area contributed by atoms with Crippen LogP contribution in [0.2, 0.25) is 0 Å². The Kier molecular flexibility index (Phi) is 3.23. The summed E-state index contributed by atoms with van der Waals surface area (Å²) in [5.41, 5.74) is 1.01. The van der Waals surface area contributed by atoms with Crippen molar-refractivity contribution in [3.63, 3.8) is 0 Å². The zero-order valence-electron chi connectivity index (χ0n) is 7.36. The lowest BCUT2D eigenvalue weighted by Gasteiger charge is -2.01. The van der Waals surface area contributed by atoms with Crippen molar-refractivity contribution < 1.29 is 9.53 Å². The van der Waals surface area contributed by atoms with Gasteiger partial charge in [0.25, 0.3) is 0 Å². The molecular formula is C9H10N2O2. The monoisotopic (exact) mass is 178 g/mol. The maximum Gasteiger partial charge on any atom is 0.151 e. The van der Waals surface area contributed by atoms with Gasteiger partial charge in [-0.2, -0.15) is 5.26 Å². The summed E-state index contributed by atoms with van der Waals surface area (Å²) in [6.07, 6.45) is 2.37. The van der Waals surface area contributed by atoms with Crippen LogP contribution in [0.1, 0.15) is 16.1 Å². The van der Waals surface area contributed by atoms with Gasteiger partial charge in [-0.1, -0.05) is 0 Å². The van der Waals surface area contributed by atoms with Crippen LogP contribution in [0, 0.1) is 11.3 Å². The highest BCUT2D eigenvalue weighted by Gasteiger charge is 2.03. The van der Waals surface area contributed by atoms with E-state index in [1.54, 1.807) is 23.9 Å². The summed E-state index contributed by atoms with van der Waals surface area (Å²) >= 11 is 0. The molecule has 0 bridgehead atoms. The first-order chi connectivity index (χ1) is 6.31. The molecule has 1 heterocycles. The van der Waals surface area contributed by atoms with Crippen molar-refractivity contribution in [1.82, 2.24) is 4.57 Å². The molecule has 0 aliphatic heterocycles. The lowest BCUT2D eigenvalue weighted by atomic mass is 10.3. The van der Waals surface area contributed by atoms with E-state index >= 15 is 0 Å². The first-order valence-corrected chi connectivity index (χ1v) is 3.86. The van der Waals surface area contributed by atoms with Gasteiger partial charge in [0.1, 0.15) is 11.8 Å². The van der Waals surface area contributed by atoms with E-state index in [0.29, 0.717) is 24.4 Å². The summed E-state index contributed by atoms with van der Waals surface area (Å²) in [5, 5.41) is 8.70. The van der Waals surface area contributed by atoms with E-state index in [1.165, 1.54) is 0 Å². The minimum Gasteiger partial charge on any atom is -0.383 e. The molecule has 1 aromatic rings. The van der Waals surface area contributed by atoms with Gasteiger partial charge in [-0.3, -0.25) is 4.79 Å². The number of nitrogens with zero attached hydrogens (tertiary/aromatic N) is 2. The highest BCUT2D eigenvalue weighted by atomic mass is 16.5. The molecule has 0 aromatic carbocycles. The van der Waals surface area contributed by atoms with Crippen molar-refractivity contribution in [2.45, 2.75) is 6.54 Å². The molecule has 0 amide bonds. The largest absolute Gasteiger partial charge is 0.383 e. The second-order valence-electron chi connectivity index (χ2n) is 2.57. The maximum atomic E-state index is 10.4. The maximum absolute atomic E-state index is 10.4. The third kappa shape index (κ3) is 2.17. The van der Waals surface area contributed by atoms with Crippen LogP contribution >= 0.6 is 0 Å². The Hall–Kier alpha value is -1.60. The lowest BCUT2D eigenvalue weighted by molar-refractivity contribution is 0.112. The molecule has 4 heteroatoms. The van der Waals surface area contributed by atoms with Gasteiger partial charge in [-0.15, -0.1) is 0 Å². The summed E-state index contributed by atoms with van der Waals surface area (Å²) in [6, 6.07) is 3.57. The number of nitriles is 1. The molecule has 13 heavy (non-hydrogen) atoms. The molecule has 1 aromatic heterocycles. The predicted molar refractivity (Wildman–Crippen MR) is 46.4 cm³/mol. The van der Waals surface area contributed by atoms with Gasteiger partial charge in [-0.25, -0.2) is 0 Å². The fourth-order valence-electron chi connectivity index (χ4n) is 1.06. The Labute approximate surface area is 76.3 Å².